The fourth-order valence-corrected chi connectivity index (χ4v) is 4.21. The van der Waals surface area contributed by atoms with E-state index in [4.69, 9.17) is 4.74 Å². The highest BCUT2D eigenvalue weighted by Crippen LogP contribution is 2.41. The molecular weight excluding hydrogens is 558 g/mol. The van der Waals surface area contributed by atoms with Crippen molar-refractivity contribution in [2.24, 2.45) is 5.92 Å². The Labute approximate surface area is 222 Å². The number of alkyl halides is 9. The van der Waals surface area contributed by atoms with Gasteiger partial charge in [-0.1, -0.05) is 26.0 Å². The molecule has 216 valence electrons. The van der Waals surface area contributed by atoms with Crippen molar-refractivity contribution in [1.82, 2.24) is 0 Å². The van der Waals surface area contributed by atoms with Gasteiger partial charge in [-0.25, -0.2) is 4.39 Å². The molecule has 1 unspecified atom stereocenters. The zero-order valence-corrected chi connectivity index (χ0v) is 21.2. The molecule has 40 heavy (non-hydrogen) atoms. The molecule has 3 aromatic rings. The summed E-state index contributed by atoms with van der Waals surface area (Å²) < 4.78 is 140. The van der Waals surface area contributed by atoms with E-state index in [2.05, 4.69) is 0 Å². The maximum atomic E-state index is 14.2. The summed E-state index contributed by atoms with van der Waals surface area (Å²) >= 11 is 0. The van der Waals surface area contributed by atoms with Gasteiger partial charge in [-0.15, -0.1) is 0 Å². The average Bonchev–Trinajstić information content (AvgIpc) is 2.84. The van der Waals surface area contributed by atoms with E-state index in [0.717, 1.165) is 19.2 Å². The Hall–Kier alpha value is -3.57. The van der Waals surface area contributed by atoms with Crippen LogP contribution in [0.2, 0.25) is 0 Å². The second kappa shape index (κ2) is 11.1. The first-order valence-corrected chi connectivity index (χ1v) is 11.7. The molecule has 0 saturated carbocycles. The number of carbonyl (C=O) groups is 1. The van der Waals surface area contributed by atoms with Gasteiger partial charge in [-0.05, 0) is 82.6 Å². The SMILES string of the molecule is COC(=O)C(CC(C)C)c1cc(-c2cc(F)cc(C(F)(F)F)c2)cc(-c2cc(C(F)(F)F)cc(C(F)(F)F)c2)c1. The number of methoxy groups -OCH3 is 1. The maximum absolute atomic E-state index is 14.2. The summed E-state index contributed by atoms with van der Waals surface area (Å²) in [6, 6.07) is 5.88. The monoisotopic (exact) mass is 580 g/mol. The van der Waals surface area contributed by atoms with Gasteiger partial charge >= 0.3 is 24.5 Å². The molecule has 0 radical (unpaired) electrons. The summed E-state index contributed by atoms with van der Waals surface area (Å²) in [4.78, 5) is 12.6. The van der Waals surface area contributed by atoms with Crippen LogP contribution in [-0.4, -0.2) is 13.1 Å². The quantitative estimate of drug-likeness (QED) is 0.215. The van der Waals surface area contributed by atoms with Crippen molar-refractivity contribution in [1.29, 1.82) is 0 Å². The topological polar surface area (TPSA) is 26.3 Å². The summed E-state index contributed by atoms with van der Waals surface area (Å²) in [7, 11) is 1.07. The largest absolute Gasteiger partial charge is 0.469 e. The van der Waals surface area contributed by atoms with Crippen LogP contribution in [0.5, 0.6) is 0 Å². The van der Waals surface area contributed by atoms with Crippen LogP contribution in [0.25, 0.3) is 22.3 Å². The predicted octanol–water partition coefficient (Wildman–Crippen LogP) is 9.52. The summed E-state index contributed by atoms with van der Waals surface area (Å²) in [5, 5.41) is 0. The van der Waals surface area contributed by atoms with Crippen molar-refractivity contribution in [2.75, 3.05) is 7.11 Å². The van der Waals surface area contributed by atoms with E-state index in [-0.39, 0.29) is 46.7 Å². The van der Waals surface area contributed by atoms with Crippen molar-refractivity contribution in [3.63, 3.8) is 0 Å². The van der Waals surface area contributed by atoms with Crippen molar-refractivity contribution in [3.05, 3.63) is 82.7 Å². The number of hydrogen-bond donors (Lipinski definition) is 0. The third-order valence-electron chi connectivity index (χ3n) is 6.03. The normalized spacial score (nSPS) is 13.4. The van der Waals surface area contributed by atoms with Crippen LogP contribution >= 0.6 is 0 Å². The Morgan fingerprint density at radius 3 is 1.45 bits per heavy atom. The van der Waals surface area contributed by atoms with Gasteiger partial charge in [-0.3, -0.25) is 4.79 Å². The second-order valence-electron chi connectivity index (χ2n) is 9.57. The molecule has 3 rings (SSSR count). The van der Waals surface area contributed by atoms with Crippen molar-refractivity contribution >= 4 is 5.97 Å². The van der Waals surface area contributed by atoms with Gasteiger partial charge in [-0.2, -0.15) is 39.5 Å². The van der Waals surface area contributed by atoms with Gasteiger partial charge in [0.25, 0.3) is 0 Å². The van der Waals surface area contributed by atoms with E-state index in [0.29, 0.717) is 18.2 Å². The van der Waals surface area contributed by atoms with Crippen LogP contribution in [-0.2, 0) is 28.1 Å². The van der Waals surface area contributed by atoms with Crippen LogP contribution in [0, 0.1) is 11.7 Å². The minimum atomic E-state index is -5.16. The van der Waals surface area contributed by atoms with Crippen LogP contribution in [0.3, 0.4) is 0 Å². The lowest BCUT2D eigenvalue weighted by Crippen LogP contribution is -2.17. The molecule has 3 aromatic carbocycles. The van der Waals surface area contributed by atoms with Crippen LogP contribution in [0.1, 0.15) is 48.4 Å². The lowest BCUT2D eigenvalue weighted by atomic mass is 9.85. The minimum Gasteiger partial charge on any atom is -0.469 e. The number of rotatable bonds is 6. The maximum Gasteiger partial charge on any atom is 0.416 e. The molecule has 12 heteroatoms. The van der Waals surface area contributed by atoms with Crippen molar-refractivity contribution in [2.45, 2.75) is 44.7 Å². The Balaban J connectivity index is 2.39. The van der Waals surface area contributed by atoms with Crippen molar-refractivity contribution in [3.8, 4) is 22.3 Å². The first kappa shape index (κ1) is 31.0. The predicted molar refractivity (Wildman–Crippen MR) is 126 cm³/mol. The molecule has 0 bridgehead atoms. The number of halogens is 10. The molecule has 0 heterocycles. The molecule has 0 aliphatic heterocycles. The number of esters is 1. The van der Waals surface area contributed by atoms with E-state index < -0.39 is 58.5 Å². The van der Waals surface area contributed by atoms with Crippen LogP contribution in [0.4, 0.5) is 43.9 Å². The van der Waals surface area contributed by atoms with E-state index in [9.17, 15) is 48.7 Å². The molecule has 0 saturated heterocycles. The lowest BCUT2D eigenvalue weighted by Gasteiger charge is -2.21. The third-order valence-corrected chi connectivity index (χ3v) is 6.03. The summed E-state index contributed by atoms with van der Waals surface area (Å²) in [5.41, 5.74) is -5.88. The number of benzene rings is 3. The molecular formula is C28H22F10O2. The Kier molecular flexibility index (Phi) is 8.62. The molecule has 0 aliphatic carbocycles. The van der Waals surface area contributed by atoms with Crippen LogP contribution in [0.15, 0.2) is 54.6 Å². The van der Waals surface area contributed by atoms with Gasteiger partial charge < -0.3 is 4.74 Å². The zero-order chi connectivity index (χ0) is 30.2. The van der Waals surface area contributed by atoms with Crippen molar-refractivity contribution < 1.29 is 53.4 Å². The van der Waals surface area contributed by atoms with Gasteiger partial charge in [0.1, 0.15) is 5.82 Å². The van der Waals surface area contributed by atoms with Gasteiger partial charge in [0.05, 0.1) is 29.7 Å². The molecule has 1 atom stereocenters. The van der Waals surface area contributed by atoms with Gasteiger partial charge in [0.15, 0.2) is 0 Å². The fraction of sp³-hybridized carbons (Fsp3) is 0.321. The fourth-order valence-electron chi connectivity index (χ4n) is 4.21. The van der Waals surface area contributed by atoms with Gasteiger partial charge in [0, 0.05) is 0 Å². The summed E-state index contributed by atoms with van der Waals surface area (Å²) in [6.45, 7) is 3.48. The Morgan fingerprint density at radius 2 is 1.05 bits per heavy atom. The van der Waals surface area contributed by atoms with E-state index in [1.807, 2.05) is 0 Å². The molecule has 0 N–H and O–H groups in total. The molecule has 2 nitrogen and oxygen atoms in total. The number of ether oxygens (including phenoxy) is 1. The third kappa shape index (κ3) is 7.33. The first-order chi connectivity index (χ1) is 18.3. The molecule has 0 fully saturated rings. The minimum absolute atomic E-state index is 0.0526. The Bertz CT molecular complexity index is 1350. The highest BCUT2D eigenvalue weighted by atomic mass is 19.4. The number of carbonyl (C=O) groups excluding carboxylic acids is 1. The molecule has 0 aromatic heterocycles. The smallest absolute Gasteiger partial charge is 0.416 e. The first-order valence-electron chi connectivity index (χ1n) is 11.7. The molecule has 0 spiro atoms. The molecule has 0 amide bonds. The van der Waals surface area contributed by atoms with E-state index in [1.165, 1.54) is 12.1 Å². The lowest BCUT2D eigenvalue weighted by molar-refractivity contribution is -0.144. The zero-order valence-electron chi connectivity index (χ0n) is 21.2. The highest BCUT2D eigenvalue weighted by molar-refractivity contribution is 5.82. The second-order valence-corrected chi connectivity index (χ2v) is 9.57. The standard InChI is InChI=1S/C28H22F10O2/c1-14(2)4-24(25(39)40-3)19-6-15(17-8-20(26(30,31)32)12-21(9-17)27(33,34)35)5-16(7-19)18-10-22(28(36,37)38)13-23(29)11-18/h5-14,24H,4H2,1-3H3. The summed E-state index contributed by atoms with van der Waals surface area (Å²) in [5.74, 6) is -3.28. The summed E-state index contributed by atoms with van der Waals surface area (Å²) in [6.07, 6.45) is -15.1. The van der Waals surface area contributed by atoms with E-state index >= 15 is 0 Å². The number of hydrogen-bond acceptors (Lipinski definition) is 2. The highest BCUT2D eigenvalue weighted by Gasteiger charge is 2.37. The van der Waals surface area contributed by atoms with E-state index in [1.54, 1.807) is 13.8 Å². The van der Waals surface area contributed by atoms with Gasteiger partial charge in [0.2, 0.25) is 0 Å². The Morgan fingerprint density at radius 1 is 0.650 bits per heavy atom. The average molecular weight is 580 g/mol. The van der Waals surface area contributed by atoms with Crippen LogP contribution < -0.4 is 0 Å². The molecule has 0 aliphatic rings.